The summed E-state index contributed by atoms with van der Waals surface area (Å²) >= 11 is 0. The van der Waals surface area contributed by atoms with E-state index in [0.717, 1.165) is 27.8 Å². The Morgan fingerprint density at radius 3 is 1.80 bits per heavy atom. The van der Waals surface area contributed by atoms with E-state index in [9.17, 15) is 1.37 Å². The van der Waals surface area contributed by atoms with Crippen LogP contribution in [0.3, 0.4) is 0 Å². The molecule has 1 aliphatic rings. The predicted molar refractivity (Wildman–Crippen MR) is 198 cm³/mol. The SMILES string of the molecule is [2H]c1c([2H])c(-c2ccc([Si](C)(C)C)cc2)c([2H])c(-c2cccc(C3=NC(c4ccccc4-c4ccccc4)N=C(c4ccccc4)N3)c2)c1[2H]. The smallest absolute Gasteiger partial charge is 0.170 e. The van der Waals surface area contributed by atoms with Gasteiger partial charge in [-0.25, -0.2) is 9.98 Å². The van der Waals surface area contributed by atoms with Gasteiger partial charge in [-0.1, -0.05) is 170 Å². The molecule has 1 N–H and O–H groups in total. The average Bonchev–Trinajstić information content (AvgIpc) is 3.14. The van der Waals surface area contributed by atoms with Crippen molar-refractivity contribution in [1.82, 2.24) is 5.32 Å². The lowest BCUT2D eigenvalue weighted by Crippen LogP contribution is -2.37. The van der Waals surface area contributed by atoms with Crippen molar-refractivity contribution in [3.8, 4) is 33.4 Å². The molecule has 0 saturated heterocycles. The Morgan fingerprint density at radius 2 is 1.11 bits per heavy atom. The normalized spacial score (nSPS) is 15.8. The van der Waals surface area contributed by atoms with Gasteiger partial charge in [0.15, 0.2) is 6.17 Å². The number of amidine groups is 2. The number of rotatable bonds is 7. The van der Waals surface area contributed by atoms with Gasteiger partial charge in [0.2, 0.25) is 0 Å². The maximum Gasteiger partial charge on any atom is 0.170 e. The van der Waals surface area contributed by atoms with Gasteiger partial charge in [0.25, 0.3) is 0 Å². The number of nitrogens with zero attached hydrogens (tertiary/aromatic N) is 2. The summed E-state index contributed by atoms with van der Waals surface area (Å²) in [6, 6.07) is 43.6. The lowest BCUT2D eigenvalue weighted by atomic mass is 9.97. The fourth-order valence-electron chi connectivity index (χ4n) is 5.67. The van der Waals surface area contributed by atoms with Gasteiger partial charge >= 0.3 is 0 Å². The first-order valence-corrected chi connectivity index (χ1v) is 19.0. The summed E-state index contributed by atoms with van der Waals surface area (Å²) in [4.78, 5) is 10.2. The van der Waals surface area contributed by atoms with Crippen molar-refractivity contribution in [2.75, 3.05) is 0 Å². The Hall–Kier alpha value is -5.32. The molecule has 46 heavy (non-hydrogen) atoms. The zero-order valence-electron chi connectivity index (χ0n) is 30.2. The second kappa shape index (κ2) is 12.6. The largest absolute Gasteiger partial charge is 0.324 e. The Morgan fingerprint density at radius 1 is 0.543 bits per heavy atom. The standard InChI is InChI=1S/C42H37N3Si/c1-46(2,3)37-26-24-30(25-27-37)33-18-12-19-34(28-33)35-20-13-21-36(29-35)41-43-40(32-16-8-5-9-17-32)44-42(45-41)39-23-11-10-22-38(39)31-14-6-4-7-15-31/h4-29,42H,1-3H3,(H,43,44,45)/i12D,18D,19D,28D. The summed E-state index contributed by atoms with van der Waals surface area (Å²) in [5, 5.41) is 4.75. The van der Waals surface area contributed by atoms with E-state index in [2.05, 4.69) is 61.4 Å². The van der Waals surface area contributed by atoms with E-state index >= 15 is 0 Å². The maximum atomic E-state index is 9.31. The molecule has 0 amide bonds. The molecule has 0 bridgehead atoms. The van der Waals surface area contributed by atoms with Crippen LogP contribution in [0, 0.1) is 0 Å². The number of nitrogens with one attached hydrogen (secondary N) is 1. The second-order valence-electron chi connectivity index (χ2n) is 12.4. The van der Waals surface area contributed by atoms with Gasteiger partial charge in [0, 0.05) is 16.7 Å². The molecule has 0 fully saturated rings. The van der Waals surface area contributed by atoms with Crippen LogP contribution in [-0.2, 0) is 0 Å². The van der Waals surface area contributed by atoms with Crippen molar-refractivity contribution in [3.05, 3.63) is 174 Å². The Bertz CT molecular complexity index is 2260. The molecule has 224 valence electrons. The predicted octanol–water partition coefficient (Wildman–Crippen LogP) is 9.73. The zero-order chi connectivity index (χ0) is 35.0. The van der Waals surface area contributed by atoms with E-state index in [1.165, 1.54) is 5.19 Å². The van der Waals surface area contributed by atoms with Crippen LogP contribution < -0.4 is 10.5 Å². The first-order valence-electron chi connectivity index (χ1n) is 17.5. The molecule has 6 aromatic rings. The van der Waals surface area contributed by atoms with Gasteiger partial charge in [0.05, 0.1) is 13.6 Å². The topological polar surface area (TPSA) is 36.8 Å². The van der Waals surface area contributed by atoms with Gasteiger partial charge in [-0.15, -0.1) is 0 Å². The molecule has 4 heteroatoms. The number of hydrogen-bond donors (Lipinski definition) is 1. The third-order valence-electron chi connectivity index (χ3n) is 8.20. The van der Waals surface area contributed by atoms with Crippen LogP contribution in [0.1, 0.15) is 28.3 Å². The molecule has 1 aliphatic heterocycles. The van der Waals surface area contributed by atoms with Crippen molar-refractivity contribution >= 4 is 24.9 Å². The average molecular weight is 616 g/mol. The first-order chi connectivity index (χ1) is 24.1. The molecule has 0 spiro atoms. The van der Waals surface area contributed by atoms with Gasteiger partial charge in [-0.05, 0) is 45.5 Å². The van der Waals surface area contributed by atoms with E-state index < -0.39 is 14.2 Å². The fraction of sp³-hybridized carbons (Fsp3) is 0.0952. The van der Waals surface area contributed by atoms with E-state index in [4.69, 9.17) is 14.1 Å². The highest BCUT2D eigenvalue weighted by molar-refractivity contribution is 6.88. The van der Waals surface area contributed by atoms with Gasteiger partial charge in [-0.2, -0.15) is 0 Å². The van der Waals surface area contributed by atoms with Crippen LogP contribution in [0.5, 0.6) is 0 Å². The summed E-state index contributed by atoms with van der Waals surface area (Å²) in [6.45, 7) is 6.83. The zero-order valence-corrected chi connectivity index (χ0v) is 27.2. The van der Waals surface area contributed by atoms with Crippen molar-refractivity contribution < 1.29 is 5.48 Å². The van der Waals surface area contributed by atoms with Crippen molar-refractivity contribution in [2.24, 2.45) is 9.98 Å². The molecule has 6 aromatic carbocycles. The molecule has 1 unspecified atom stereocenters. The Kier molecular flexibility index (Phi) is 6.82. The molecule has 1 atom stereocenters. The molecule has 0 aromatic heterocycles. The molecule has 7 rings (SSSR count). The summed E-state index contributed by atoms with van der Waals surface area (Å²) in [6.07, 6.45) is -0.534. The van der Waals surface area contributed by atoms with Crippen molar-refractivity contribution in [3.63, 3.8) is 0 Å². The molecule has 3 nitrogen and oxygen atoms in total. The minimum atomic E-state index is -1.55. The second-order valence-corrected chi connectivity index (χ2v) is 17.5. The minimum absolute atomic E-state index is 0.0636. The Labute approximate surface area is 278 Å². The summed E-state index contributed by atoms with van der Waals surface area (Å²) in [5.74, 6) is 1.30. The molecule has 0 aliphatic carbocycles. The van der Waals surface area contributed by atoms with Gasteiger partial charge in [0.1, 0.15) is 11.7 Å². The number of benzene rings is 6. The number of hydrogen-bond acceptors (Lipinski definition) is 3. The van der Waals surface area contributed by atoms with Gasteiger partial charge in [-0.3, -0.25) is 0 Å². The first kappa shape index (κ1) is 24.9. The van der Waals surface area contributed by atoms with Gasteiger partial charge < -0.3 is 5.32 Å². The lowest BCUT2D eigenvalue weighted by Gasteiger charge is -2.24. The van der Waals surface area contributed by atoms with E-state index in [1.807, 2.05) is 97.1 Å². The monoisotopic (exact) mass is 615 g/mol. The molecule has 0 radical (unpaired) electrons. The third kappa shape index (κ3) is 6.26. The maximum absolute atomic E-state index is 9.31. The van der Waals surface area contributed by atoms with Crippen molar-refractivity contribution in [2.45, 2.75) is 25.8 Å². The third-order valence-corrected chi connectivity index (χ3v) is 10.3. The highest BCUT2D eigenvalue weighted by Crippen LogP contribution is 2.33. The fourth-order valence-corrected chi connectivity index (χ4v) is 6.84. The summed E-state index contributed by atoms with van der Waals surface area (Å²) in [5.41, 5.74) is 6.78. The molecular formula is C42H37N3Si. The number of aliphatic imine (C=N–C) groups is 2. The highest BCUT2D eigenvalue weighted by atomic mass is 28.3. The van der Waals surface area contributed by atoms with Crippen LogP contribution in [0.2, 0.25) is 19.6 Å². The van der Waals surface area contributed by atoms with E-state index in [-0.39, 0.29) is 24.2 Å². The van der Waals surface area contributed by atoms with Crippen molar-refractivity contribution in [1.29, 1.82) is 0 Å². The van der Waals surface area contributed by atoms with Crippen LogP contribution in [0.25, 0.3) is 33.4 Å². The van der Waals surface area contributed by atoms with Crippen LogP contribution in [0.4, 0.5) is 0 Å². The molecular weight excluding hydrogens is 575 g/mol. The summed E-state index contributed by atoms with van der Waals surface area (Å²) in [7, 11) is -1.55. The quantitative estimate of drug-likeness (QED) is 0.178. The summed E-state index contributed by atoms with van der Waals surface area (Å²) < 4.78 is 35.7. The molecule has 1 heterocycles. The Balaban J connectivity index is 1.34. The van der Waals surface area contributed by atoms with Crippen LogP contribution >= 0.6 is 0 Å². The molecule has 0 saturated carbocycles. The lowest BCUT2D eigenvalue weighted by molar-refractivity contribution is 0.757. The minimum Gasteiger partial charge on any atom is -0.324 e. The van der Waals surface area contributed by atoms with E-state index in [1.54, 1.807) is 0 Å². The van der Waals surface area contributed by atoms with E-state index in [0.29, 0.717) is 33.9 Å². The van der Waals surface area contributed by atoms with Crippen LogP contribution in [0.15, 0.2) is 168 Å². The van der Waals surface area contributed by atoms with Crippen LogP contribution in [-0.4, -0.2) is 19.7 Å². The highest BCUT2D eigenvalue weighted by Gasteiger charge is 2.23.